The molecule has 5 heteroatoms. The molecule has 1 atom stereocenters. The van der Waals surface area contributed by atoms with E-state index in [2.05, 4.69) is 29.3 Å². The molecule has 0 amide bonds. The van der Waals surface area contributed by atoms with Gasteiger partial charge >= 0.3 is 0 Å². The van der Waals surface area contributed by atoms with Crippen LogP contribution in [0.4, 0.5) is 0 Å². The van der Waals surface area contributed by atoms with Crippen LogP contribution < -0.4 is 0 Å². The first kappa shape index (κ1) is 17.4. The zero-order valence-corrected chi connectivity index (χ0v) is 15.4. The number of rotatable bonds is 6. The third-order valence-corrected chi connectivity index (χ3v) is 5.28. The Morgan fingerprint density at radius 2 is 2.04 bits per heavy atom. The van der Waals surface area contributed by atoms with Gasteiger partial charge in [-0.05, 0) is 43.0 Å². The highest BCUT2D eigenvalue weighted by atomic mass is 35.5. The molecule has 0 bridgehead atoms. The summed E-state index contributed by atoms with van der Waals surface area (Å²) >= 11 is 8.03. The zero-order valence-electron chi connectivity index (χ0n) is 13.9. The van der Waals surface area contributed by atoms with Gasteiger partial charge in [0.15, 0.2) is 0 Å². The van der Waals surface area contributed by atoms with Crippen molar-refractivity contribution in [3.05, 3.63) is 62.9 Å². The van der Waals surface area contributed by atoms with Crippen LogP contribution in [0.3, 0.4) is 0 Å². The van der Waals surface area contributed by atoms with E-state index in [-0.39, 0.29) is 6.10 Å². The average Bonchev–Trinajstić information content (AvgIpc) is 2.92. The molecule has 1 aromatic carbocycles. The maximum Gasteiger partial charge on any atom is 0.0891 e. The first-order chi connectivity index (χ1) is 11.5. The van der Waals surface area contributed by atoms with Gasteiger partial charge in [-0.3, -0.25) is 4.90 Å². The van der Waals surface area contributed by atoms with Crippen molar-refractivity contribution in [3.63, 3.8) is 0 Å². The van der Waals surface area contributed by atoms with Crippen LogP contribution in [0.15, 0.2) is 41.8 Å². The molecule has 0 saturated heterocycles. The second-order valence-electron chi connectivity index (χ2n) is 6.16. The standard InChI is InChI=1S/C19H21ClN2OS/c1-13-8-9-24-18(13)12-22(10-14(2)23)11-16-7-6-15-4-3-5-17(20)19(15)21-16/h3-9,14,23H,10-12H2,1-2H3. The second-order valence-corrected chi connectivity index (χ2v) is 7.57. The molecular formula is C19H21ClN2OS. The third-order valence-electron chi connectivity index (χ3n) is 3.97. The first-order valence-corrected chi connectivity index (χ1v) is 9.26. The van der Waals surface area contributed by atoms with E-state index in [1.165, 1.54) is 10.4 Å². The van der Waals surface area contributed by atoms with Crippen LogP contribution in [0.25, 0.3) is 10.9 Å². The number of para-hydroxylation sites is 1. The van der Waals surface area contributed by atoms with E-state index in [0.717, 1.165) is 23.1 Å². The van der Waals surface area contributed by atoms with Gasteiger partial charge in [0.1, 0.15) is 0 Å². The Kier molecular flexibility index (Phi) is 5.51. The lowest BCUT2D eigenvalue weighted by atomic mass is 10.2. The number of nitrogens with zero attached hydrogens (tertiary/aromatic N) is 2. The first-order valence-electron chi connectivity index (χ1n) is 8.00. The zero-order chi connectivity index (χ0) is 17.1. The van der Waals surface area contributed by atoms with Crippen molar-refractivity contribution in [1.29, 1.82) is 0 Å². The van der Waals surface area contributed by atoms with Gasteiger partial charge < -0.3 is 5.11 Å². The number of aromatic nitrogens is 1. The summed E-state index contributed by atoms with van der Waals surface area (Å²) in [5.41, 5.74) is 3.09. The van der Waals surface area contributed by atoms with Crippen molar-refractivity contribution < 1.29 is 5.11 Å². The normalized spacial score (nSPS) is 12.9. The number of benzene rings is 1. The summed E-state index contributed by atoms with van der Waals surface area (Å²) in [6.45, 7) is 6.05. The lowest BCUT2D eigenvalue weighted by Gasteiger charge is -2.23. The summed E-state index contributed by atoms with van der Waals surface area (Å²) in [5.74, 6) is 0. The molecule has 1 unspecified atom stereocenters. The smallest absolute Gasteiger partial charge is 0.0891 e. The van der Waals surface area contributed by atoms with E-state index in [9.17, 15) is 5.11 Å². The van der Waals surface area contributed by atoms with Gasteiger partial charge in [0.2, 0.25) is 0 Å². The minimum Gasteiger partial charge on any atom is -0.392 e. The molecule has 3 rings (SSSR count). The number of pyridine rings is 1. The van der Waals surface area contributed by atoms with Gasteiger partial charge in [0, 0.05) is 29.9 Å². The van der Waals surface area contributed by atoms with Gasteiger partial charge in [-0.1, -0.05) is 29.8 Å². The van der Waals surface area contributed by atoms with Gasteiger partial charge in [0.05, 0.1) is 22.3 Å². The quantitative estimate of drug-likeness (QED) is 0.695. The van der Waals surface area contributed by atoms with Crippen molar-refractivity contribution >= 4 is 33.8 Å². The van der Waals surface area contributed by atoms with Gasteiger partial charge in [-0.15, -0.1) is 11.3 Å². The topological polar surface area (TPSA) is 36.4 Å². The van der Waals surface area contributed by atoms with Crippen molar-refractivity contribution in [2.24, 2.45) is 0 Å². The third kappa shape index (κ3) is 4.14. The van der Waals surface area contributed by atoms with Gasteiger partial charge in [0.25, 0.3) is 0 Å². The summed E-state index contributed by atoms with van der Waals surface area (Å²) in [6.07, 6.45) is -0.380. The van der Waals surface area contributed by atoms with Crippen molar-refractivity contribution in [1.82, 2.24) is 9.88 Å². The fourth-order valence-electron chi connectivity index (χ4n) is 2.80. The Labute approximate surface area is 151 Å². The molecule has 0 radical (unpaired) electrons. The lowest BCUT2D eigenvalue weighted by Crippen LogP contribution is -2.30. The number of halogens is 1. The van der Waals surface area contributed by atoms with E-state index in [1.54, 1.807) is 11.3 Å². The lowest BCUT2D eigenvalue weighted by molar-refractivity contribution is 0.118. The summed E-state index contributed by atoms with van der Waals surface area (Å²) in [7, 11) is 0. The summed E-state index contributed by atoms with van der Waals surface area (Å²) in [5, 5.41) is 13.7. The molecule has 3 aromatic rings. The molecule has 126 valence electrons. The molecule has 0 aliphatic rings. The van der Waals surface area contributed by atoms with Crippen LogP contribution in [0.1, 0.15) is 23.1 Å². The monoisotopic (exact) mass is 360 g/mol. The molecule has 2 aromatic heterocycles. The van der Waals surface area contributed by atoms with Crippen molar-refractivity contribution in [2.45, 2.75) is 33.0 Å². The number of thiophene rings is 1. The van der Waals surface area contributed by atoms with Gasteiger partial charge in [-0.2, -0.15) is 0 Å². The average molecular weight is 361 g/mol. The predicted octanol–water partition coefficient (Wildman–Crippen LogP) is 4.64. The Bertz CT molecular complexity index is 831. The Balaban J connectivity index is 1.84. The number of hydrogen-bond acceptors (Lipinski definition) is 4. The number of aryl methyl sites for hydroxylation is 1. The fraction of sp³-hybridized carbons (Fsp3) is 0.316. The van der Waals surface area contributed by atoms with Crippen molar-refractivity contribution in [3.8, 4) is 0 Å². The molecule has 0 aliphatic carbocycles. The molecule has 0 saturated carbocycles. The van der Waals surface area contributed by atoms with Crippen LogP contribution in [0.5, 0.6) is 0 Å². The highest BCUT2D eigenvalue weighted by Gasteiger charge is 2.13. The van der Waals surface area contributed by atoms with E-state index in [4.69, 9.17) is 16.6 Å². The molecule has 0 spiro atoms. The maximum absolute atomic E-state index is 9.83. The highest BCUT2D eigenvalue weighted by Crippen LogP contribution is 2.23. The number of aliphatic hydroxyl groups is 1. The maximum atomic E-state index is 9.83. The highest BCUT2D eigenvalue weighted by molar-refractivity contribution is 7.10. The summed E-state index contributed by atoms with van der Waals surface area (Å²) < 4.78 is 0. The molecule has 3 nitrogen and oxygen atoms in total. The van der Waals surface area contributed by atoms with Crippen LogP contribution in [-0.2, 0) is 13.1 Å². The number of aliphatic hydroxyl groups excluding tert-OH is 1. The second kappa shape index (κ2) is 7.62. The summed E-state index contributed by atoms with van der Waals surface area (Å²) in [6, 6.07) is 12.0. The van der Waals surface area contributed by atoms with Crippen LogP contribution in [0, 0.1) is 6.92 Å². The van der Waals surface area contributed by atoms with Crippen LogP contribution in [-0.4, -0.2) is 27.6 Å². The Hall–Kier alpha value is -1.46. The molecule has 0 aliphatic heterocycles. The minimum absolute atomic E-state index is 0.380. The summed E-state index contributed by atoms with van der Waals surface area (Å²) in [4.78, 5) is 8.28. The molecule has 0 fully saturated rings. The molecule has 1 N–H and O–H groups in total. The Morgan fingerprint density at radius 3 is 2.75 bits per heavy atom. The van der Waals surface area contributed by atoms with E-state index in [0.29, 0.717) is 18.1 Å². The largest absolute Gasteiger partial charge is 0.392 e. The number of hydrogen-bond donors (Lipinski definition) is 1. The SMILES string of the molecule is Cc1ccsc1CN(Cc1ccc2cccc(Cl)c2n1)CC(C)O. The Morgan fingerprint density at radius 1 is 1.21 bits per heavy atom. The van der Waals surface area contributed by atoms with Crippen molar-refractivity contribution in [2.75, 3.05) is 6.54 Å². The van der Waals surface area contributed by atoms with E-state index in [1.807, 2.05) is 31.2 Å². The van der Waals surface area contributed by atoms with Gasteiger partial charge in [-0.25, -0.2) is 4.98 Å². The minimum atomic E-state index is -0.380. The molecular weight excluding hydrogens is 340 g/mol. The van der Waals surface area contributed by atoms with E-state index >= 15 is 0 Å². The van der Waals surface area contributed by atoms with Crippen LogP contribution in [0.2, 0.25) is 5.02 Å². The fourth-order valence-corrected chi connectivity index (χ4v) is 3.97. The van der Waals surface area contributed by atoms with E-state index < -0.39 is 0 Å². The predicted molar refractivity (Wildman–Crippen MR) is 102 cm³/mol. The molecule has 24 heavy (non-hydrogen) atoms. The number of fused-ring (bicyclic) bond motifs is 1. The van der Waals surface area contributed by atoms with Crippen LogP contribution >= 0.6 is 22.9 Å². The molecule has 2 heterocycles.